The third kappa shape index (κ3) is 5.56. The molecule has 5 heteroatoms. The van der Waals surface area contributed by atoms with Crippen LogP contribution in [0.2, 0.25) is 0 Å². The van der Waals surface area contributed by atoms with Crippen molar-refractivity contribution in [3.63, 3.8) is 0 Å². The van der Waals surface area contributed by atoms with Gasteiger partial charge in [-0.05, 0) is 25.2 Å². The van der Waals surface area contributed by atoms with Gasteiger partial charge in [-0.3, -0.25) is 4.79 Å². The van der Waals surface area contributed by atoms with Crippen LogP contribution in [0.1, 0.15) is 47.0 Å². The number of amides is 2. The Morgan fingerprint density at radius 2 is 1.57 bits per heavy atom. The SMILES string of the molecule is CCC(CC)C(=O)N1CCCN(C(=O)OCC(C)C)CC1. The molecule has 2 amide bonds. The fourth-order valence-corrected chi connectivity index (χ4v) is 2.55. The quantitative estimate of drug-likeness (QED) is 0.784. The van der Waals surface area contributed by atoms with Gasteiger partial charge in [0, 0.05) is 32.1 Å². The van der Waals surface area contributed by atoms with E-state index >= 15 is 0 Å². The van der Waals surface area contributed by atoms with Gasteiger partial charge in [-0.25, -0.2) is 4.79 Å². The topological polar surface area (TPSA) is 49.9 Å². The van der Waals surface area contributed by atoms with E-state index in [4.69, 9.17) is 4.74 Å². The zero-order valence-electron chi connectivity index (χ0n) is 13.9. The lowest BCUT2D eigenvalue weighted by Crippen LogP contribution is -2.40. The fraction of sp³-hybridized carbons (Fsp3) is 0.875. The average molecular weight is 298 g/mol. The van der Waals surface area contributed by atoms with Crippen LogP contribution < -0.4 is 0 Å². The Morgan fingerprint density at radius 3 is 2.14 bits per heavy atom. The van der Waals surface area contributed by atoms with Crippen molar-refractivity contribution in [2.75, 3.05) is 32.8 Å². The van der Waals surface area contributed by atoms with Crippen molar-refractivity contribution < 1.29 is 14.3 Å². The molecule has 122 valence electrons. The maximum Gasteiger partial charge on any atom is 0.409 e. The second kappa shape index (κ2) is 8.90. The van der Waals surface area contributed by atoms with Crippen molar-refractivity contribution in [1.29, 1.82) is 0 Å². The second-order valence-electron chi connectivity index (χ2n) is 6.15. The van der Waals surface area contributed by atoms with Crippen LogP contribution in [0, 0.1) is 11.8 Å². The molecule has 0 aromatic rings. The van der Waals surface area contributed by atoms with Crippen LogP contribution in [0.15, 0.2) is 0 Å². The van der Waals surface area contributed by atoms with Crippen LogP contribution in [0.3, 0.4) is 0 Å². The normalized spacial score (nSPS) is 16.3. The molecule has 5 nitrogen and oxygen atoms in total. The highest BCUT2D eigenvalue weighted by molar-refractivity contribution is 5.79. The van der Waals surface area contributed by atoms with E-state index in [0.29, 0.717) is 32.2 Å². The van der Waals surface area contributed by atoms with Crippen LogP contribution in [0.4, 0.5) is 4.79 Å². The lowest BCUT2D eigenvalue weighted by atomic mass is 10.0. The Balaban J connectivity index is 2.50. The smallest absolute Gasteiger partial charge is 0.409 e. The van der Waals surface area contributed by atoms with Gasteiger partial charge in [0.15, 0.2) is 0 Å². The number of rotatable bonds is 5. The molecule has 0 spiro atoms. The molecule has 1 fully saturated rings. The summed E-state index contributed by atoms with van der Waals surface area (Å²) in [5.41, 5.74) is 0. The van der Waals surface area contributed by atoms with Gasteiger partial charge in [0.2, 0.25) is 5.91 Å². The van der Waals surface area contributed by atoms with Gasteiger partial charge in [-0.2, -0.15) is 0 Å². The molecule has 0 N–H and O–H groups in total. The summed E-state index contributed by atoms with van der Waals surface area (Å²) >= 11 is 0. The standard InChI is InChI=1S/C16H30N2O3/c1-5-14(6-2)15(19)17-8-7-9-18(11-10-17)16(20)21-12-13(3)4/h13-14H,5-12H2,1-4H3. The molecule has 0 radical (unpaired) electrons. The molecule has 0 aromatic carbocycles. The molecule has 0 atom stereocenters. The second-order valence-corrected chi connectivity index (χ2v) is 6.15. The molecule has 1 heterocycles. The summed E-state index contributed by atoms with van der Waals surface area (Å²) in [7, 11) is 0. The zero-order valence-corrected chi connectivity index (χ0v) is 13.9. The van der Waals surface area contributed by atoms with E-state index in [1.54, 1.807) is 4.90 Å². The van der Waals surface area contributed by atoms with Gasteiger partial charge < -0.3 is 14.5 Å². The molecule has 1 saturated heterocycles. The summed E-state index contributed by atoms with van der Waals surface area (Å²) in [5.74, 6) is 0.690. The Hall–Kier alpha value is -1.26. The van der Waals surface area contributed by atoms with Crippen LogP contribution in [0.5, 0.6) is 0 Å². The van der Waals surface area contributed by atoms with Crippen molar-refractivity contribution >= 4 is 12.0 Å². The van der Waals surface area contributed by atoms with E-state index in [1.165, 1.54) is 0 Å². The monoisotopic (exact) mass is 298 g/mol. The number of hydrogen-bond acceptors (Lipinski definition) is 3. The summed E-state index contributed by atoms with van der Waals surface area (Å²) < 4.78 is 5.27. The van der Waals surface area contributed by atoms with Crippen LogP contribution in [-0.4, -0.2) is 54.6 Å². The number of ether oxygens (including phenoxy) is 1. The molecule has 1 aliphatic rings. The average Bonchev–Trinajstić information content (AvgIpc) is 2.71. The summed E-state index contributed by atoms with van der Waals surface area (Å²) in [4.78, 5) is 28.0. The molecular weight excluding hydrogens is 268 g/mol. The number of carbonyl (C=O) groups excluding carboxylic acids is 2. The Bertz CT molecular complexity index is 340. The van der Waals surface area contributed by atoms with Gasteiger partial charge >= 0.3 is 6.09 Å². The molecule has 0 aromatic heterocycles. The molecule has 0 saturated carbocycles. The van der Waals surface area contributed by atoms with Crippen LogP contribution in [-0.2, 0) is 9.53 Å². The summed E-state index contributed by atoms with van der Waals surface area (Å²) in [5, 5.41) is 0. The van der Waals surface area contributed by atoms with Crippen LogP contribution >= 0.6 is 0 Å². The first kappa shape index (κ1) is 17.8. The van der Waals surface area contributed by atoms with E-state index in [9.17, 15) is 9.59 Å². The minimum Gasteiger partial charge on any atom is -0.449 e. The molecule has 21 heavy (non-hydrogen) atoms. The first-order valence-corrected chi connectivity index (χ1v) is 8.20. The van der Waals surface area contributed by atoms with Crippen molar-refractivity contribution in [1.82, 2.24) is 9.80 Å². The maximum atomic E-state index is 12.4. The van der Waals surface area contributed by atoms with E-state index in [1.807, 2.05) is 18.7 Å². The molecule has 1 rings (SSSR count). The summed E-state index contributed by atoms with van der Waals surface area (Å²) in [6.45, 7) is 11.2. The van der Waals surface area contributed by atoms with E-state index in [0.717, 1.165) is 25.8 Å². The number of carbonyl (C=O) groups is 2. The summed E-state index contributed by atoms with van der Waals surface area (Å²) in [6.07, 6.45) is 2.33. The van der Waals surface area contributed by atoms with Crippen molar-refractivity contribution in [2.24, 2.45) is 11.8 Å². The van der Waals surface area contributed by atoms with E-state index < -0.39 is 0 Å². The zero-order chi connectivity index (χ0) is 15.8. The highest BCUT2D eigenvalue weighted by Crippen LogP contribution is 2.14. The first-order chi connectivity index (χ1) is 9.99. The molecule has 0 aliphatic carbocycles. The van der Waals surface area contributed by atoms with Gasteiger partial charge in [-0.15, -0.1) is 0 Å². The first-order valence-electron chi connectivity index (χ1n) is 8.20. The minimum absolute atomic E-state index is 0.115. The van der Waals surface area contributed by atoms with E-state index in [-0.39, 0.29) is 17.9 Å². The van der Waals surface area contributed by atoms with Gasteiger partial charge in [0.1, 0.15) is 0 Å². The van der Waals surface area contributed by atoms with Gasteiger partial charge in [-0.1, -0.05) is 27.7 Å². The van der Waals surface area contributed by atoms with Crippen molar-refractivity contribution in [3.05, 3.63) is 0 Å². The van der Waals surface area contributed by atoms with Gasteiger partial charge in [0.25, 0.3) is 0 Å². The third-order valence-corrected chi connectivity index (χ3v) is 3.94. The highest BCUT2D eigenvalue weighted by atomic mass is 16.6. The van der Waals surface area contributed by atoms with E-state index in [2.05, 4.69) is 13.8 Å². The maximum absolute atomic E-state index is 12.4. The number of nitrogens with zero attached hydrogens (tertiary/aromatic N) is 2. The predicted octanol–water partition coefficient (Wildman–Crippen LogP) is 2.75. The van der Waals surface area contributed by atoms with Crippen LogP contribution in [0.25, 0.3) is 0 Å². The predicted molar refractivity (Wildman–Crippen MR) is 83.0 cm³/mol. The van der Waals surface area contributed by atoms with Gasteiger partial charge in [0.05, 0.1) is 6.61 Å². The molecular formula is C16H30N2O3. The Morgan fingerprint density at radius 1 is 1.00 bits per heavy atom. The van der Waals surface area contributed by atoms with Crippen molar-refractivity contribution in [3.8, 4) is 0 Å². The summed E-state index contributed by atoms with van der Waals surface area (Å²) in [6, 6.07) is 0. The minimum atomic E-state index is -0.250. The number of hydrogen-bond donors (Lipinski definition) is 0. The Labute approximate surface area is 128 Å². The lowest BCUT2D eigenvalue weighted by molar-refractivity contribution is -0.135. The lowest BCUT2D eigenvalue weighted by Gasteiger charge is -2.25. The fourth-order valence-electron chi connectivity index (χ4n) is 2.55. The molecule has 0 unspecified atom stereocenters. The molecule has 1 aliphatic heterocycles. The Kier molecular flexibility index (Phi) is 7.54. The largest absolute Gasteiger partial charge is 0.449 e. The van der Waals surface area contributed by atoms with Crippen molar-refractivity contribution in [2.45, 2.75) is 47.0 Å². The third-order valence-electron chi connectivity index (χ3n) is 3.94. The molecule has 0 bridgehead atoms. The highest BCUT2D eigenvalue weighted by Gasteiger charge is 2.26.